The Morgan fingerprint density at radius 3 is 2.39 bits per heavy atom. The Balaban J connectivity index is 1.37. The third-order valence-corrected chi connectivity index (χ3v) is 8.25. The molecule has 11 heteroatoms. The van der Waals surface area contributed by atoms with Gasteiger partial charge in [0, 0.05) is 31.9 Å². The van der Waals surface area contributed by atoms with Crippen molar-refractivity contribution in [3.8, 4) is 5.69 Å². The van der Waals surface area contributed by atoms with Crippen LogP contribution in [0, 0.1) is 19.7 Å². The van der Waals surface area contributed by atoms with Crippen molar-refractivity contribution < 1.29 is 17.6 Å². The first-order chi connectivity index (χ1) is 15.8. The normalized spacial score (nSPS) is 15.1. The third kappa shape index (κ3) is 5.10. The molecule has 33 heavy (non-hydrogen) atoms. The van der Waals surface area contributed by atoms with E-state index in [0.29, 0.717) is 5.16 Å². The third-order valence-electron chi connectivity index (χ3n) is 5.44. The molecule has 1 aromatic heterocycles. The monoisotopic (exact) mass is 489 g/mol. The molecule has 1 amide bonds. The van der Waals surface area contributed by atoms with Crippen LogP contribution < -0.4 is 0 Å². The molecule has 2 heterocycles. The van der Waals surface area contributed by atoms with Crippen molar-refractivity contribution in [3.63, 3.8) is 0 Å². The van der Waals surface area contributed by atoms with Crippen LogP contribution >= 0.6 is 11.8 Å². The molecule has 1 aliphatic heterocycles. The molecule has 1 fully saturated rings. The number of piperazine rings is 1. The quantitative estimate of drug-likeness (QED) is 0.495. The van der Waals surface area contributed by atoms with Gasteiger partial charge in [-0.05, 0) is 44.2 Å². The van der Waals surface area contributed by atoms with E-state index < -0.39 is 15.8 Å². The summed E-state index contributed by atoms with van der Waals surface area (Å²) in [5.74, 6) is 0.195. The number of nitrogens with zero attached hydrogens (tertiary/aromatic N) is 5. The summed E-state index contributed by atoms with van der Waals surface area (Å²) in [6.07, 6.45) is 0. The Morgan fingerprint density at radius 1 is 1.03 bits per heavy atom. The summed E-state index contributed by atoms with van der Waals surface area (Å²) in [5.41, 5.74) is 2.07. The van der Waals surface area contributed by atoms with Crippen LogP contribution in [0.25, 0.3) is 5.69 Å². The number of hydrogen-bond donors (Lipinski definition) is 0. The molecule has 4 rings (SSSR count). The topological polar surface area (TPSA) is 88.4 Å². The van der Waals surface area contributed by atoms with Crippen molar-refractivity contribution in [2.45, 2.75) is 23.9 Å². The summed E-state index contributed by atoms with van der Waals surface area (Å²) in [6, 6.07) is 12.9. The zero-order chi connectivity index (χ0) is 23.6. The van der Waals surface area contributed by atoms with Gasteiger partial charge in [0.25, 0.3) is 0 Å². The van der Waals surface area contributed by atoms with E-state index in [4.69, 9.17) is 0 Å². The fourth-order valence-corrected chi connectivity index (χ4v) is 5.95. The van der Waals surface area contributed by atoms with Gasteiger partial charge in [0.1, 0.15) is 11.6 Å². The molecule has 174 valence electrons. The van der Waals surface area contributed by atoms with Crippen LogP contribution in [-0.2, 0) is 14.8 Å². The Morgan fingerprint density at radius 2 is 1.73 bits per heavy atom. The predicted molar refractivity (Wildman–Crippen MR) is 123 cm³/mol. The lowest BCUT2D eigenvalue weighted by atomic mass is 10.2. The van der Waals surface area contributed by atoms with Crippen LogP contribution in [0.5, 0.6) is 0 Å². The van der Waals surface area contributed by atoms with E-state index in [-0.39, 0.29) is 42.7 Å². The fourth-order valence-electron chi connectivity index (χ4n) is 3.60. The maximum Gasteiger partial charge on any atom is 0.243 e. The molecule has 1 aliphatic rings. The average molecular weight is 490 g/mol. The van der Waals surface area contributed by atoms with Gasteiger partial charge in [0.2, 0.25) is 15.9 Å². The number of sulfonamides is 1. The predicted octanol–water partition coefficient (Wildman–Crippen LogP) is 2.65. The minimum atomic E-state index is -3.80. The van der Waals surface area contributed by atoms with Crippen LogP contribution in [0.15, 0.2) is 58.6 Å². The van der Waals surface area contributed by atoms with E-state index >= 15 is 0 Å². The highest BCUT2D eigenvalue weighted by Gasteiger charge is 2.30. The SMILES string of the molecule is Cc1ccc(-n2c(C)nnc2SCC(=O)N2CCN(S(=O)(=O)c3cccc(F)c3)CC2)cc1. The summed E-state index contributed by atoms with van der Waals surface area (Å²) in [6.45, 7) is 4.74. The second kappa shape index (κ2) is 9.62. The number of hydrogen-bond acceptors (Lipinski definition) is 6. The highest BCUT2D eigenvalue weighted by Crippen LogP contribution is 2.23. The van der Waals surface area contributed by atoms with Crippen molar-refractivity contribution >= 4 is 27.7 Å². The van der Waals surface area contributed by atoms with Crippen molar-refractivity contribution in [1.29, 1.82) is 0 Å². The van der Waals surface area contributed by atoms with E-state index in [2.05, 4.69) is 10.2 Å². The smallest absolute Gasteiger partial charge is 0.243 e. The van der Waals surface area contributed by atoms with Gasteiger partial charge in [-0.2, -0.15) is 4.31 Å². The minimum absolute atomic E-state index is 0.0800. The fraction of sp³-hybridized carbons (Fsp3) is 0.318. The van der Waals surface area contributed by atoms with E-state index in [1.165, 1.54) is 34.3 Å². The van der Waals surface area contributed by atoms with E-state index in [9.17, 15) is 17.6 Å². The summed E-state index contributed by atoms with van der Waals surface area (Å²) >= 11 is 1.30. The first-order valence-corrected chi connectivity index (χ1v) is 12.8. The lowest BCUT2D eigenvalue weighted by Crippen LogP contribution is -2.51. The summed E-state index contributed by atoms with van der Waals surface area (Å²) < 4.78 is 42.2. The van der Waals surface area contributed by atoms with Crippen molar-refractivity contribution in [2.24, 2.45) is 0 Å². The number of aromatic nitrogens is 3. The molecule has 0 radical (unpaired) electrons. The number of thioether (sulfide) groups is 1. The highest BCUT2D eigenvalue weighted by atomic mass is 32.2. The van der Waals surface area contributed by atoms with Gasteiger partial charge in [0.15, 0.2) is 5.16 Å². The highest BCUT2D eigenvalue weighted by molar-refractivity contribution is 7.99. The standard InChI is InChI=1S/C22H24FN5O3S2/c1-16-6-8-19(9-7-16)28-17(2)24-25-22(28)32-15-21(29)26-10-12-27(13-11-26)33(30,31)20-5-3-4-18(23)14-20/h3-9,14H,10-13,15H2,1-2H3. The Hall–Kier alpha value is -2.76. The molecule has 0 aliphatic carbocycles. The van der Waals surface area contributed by atoms with Crippen molar-refractivity contribution in [2.75, 3.05) is 31.9 Å². The molecule has 3 aromatic rings. The average Bonchev–Trinajstić information content (AvgIpc) is 3.18. The molecule has 0 atom stereocenters. The molecule has 1 saturated heterocycles. The van der Waals surface area contributed by atoms with Crippen LogP contribution in [0.2, 0.25) is 0 Å². The zero-order valence-corrected chi connectivity index (χ0v) is 19.9. The van der Waals surface area contributed by atoms with Crippen LogP contribution in [0.3, 0.4) is 0 Å². The van der Waals surface area contributed by atoms with E-state index in [1.54, 1.807) is 4.90 Å². The molecule has 8 nitrogen and oxygen atoms in total. The minimum Gasteiger partial charge on any atom is -0.339 e. The Kier molecular flexibility index (Phi) is 6.82. The number of amides is 1. The van der Waals surface area contributed by atoms with Gasteiger partial charge >= 0.3 is 0 Å². The first-order valence-electron chi connectivity index (χ1n) is 10.4. The van der Waals surface area contributed by atoms with Crippen LogP contribution in [0.1, 0.15) is 11.4 Å². The number of aryl methyl sites for hydroxylation is 2. The number of carbonyl (C=O) groups excluding carboxylic acids is 1. The van der Waals surface area contributed by atoms with E-state index in [0.717, 1.165) is 23.1 Å². The lowest BCUT2D eigenvalue weighted by Gasteiger charge is -2.34. The van der Waals surface area contributed by atoms with Crippen molar-refractivity contribution in [3.05, 3.63) is 65.7 Å². The van der Waals surface area contributed by atoms with Crippen molar-refractivity contribution in [1.82, 2.24) is 24.0 Å². The molecule has 0 unspecified atom stereocenters. The summed E-state index contributed by atoms with van der Waals surface area (Å²) in [4.78, 5) is 14.3. The molecular weight excluding hydrogens is 465 g/mol. The van der Waals surface area contributed by atoms with Gasteiger partial charge in [-0.3, -0.25) is 9.36 Å². The number of rotatable bonds is 6. The van der Waals surface area contributed by atoms with Crippen LogP contribution in [-0.4, -0.2) is 70.2 Å². The molecule has 0 spiro atoms. The summed E-state index contributed by atoms with van der Waals surface area (Å²) in [5, 5.41) is 8.97. The molecular formula is C22H24FN5O3S2. The molecule has 0 bridgehead atoms. The second-order valence-corrected chi connectivity index (χ2v) is 10.6. The molecule has 0 saturated carbocycles. The number of halogens is 1. The largest absolute Gasteiger partial charge is 0.339 e. The van der Waals surface area contributed by atoms with E-state index in [1.807, 2.05) is 42.7 Å². The van der Waals surface area contributed by atoms with Gasteiger partial charge in [-0.25, -0.2) is 12.8 Å². The summed E-state index contributed by atoms with van der Waals surface area (Å²) in [7, 11) is -3.80. The van der Waals surface area contributed by atoms with Gasteiger partial charge in [-0.1, -0.05) is 35.5 Å². The number of benzene rings is 2. The maximum atomic E-state index is 13.5. The van der Waals surface area contributed by atoms with Crippen LogP contribution in [0.4, 0.5) is 4.39 Å². The van der Waals surface area contributed by atoms with Gasteiger partial charge in [-0.15, -0.1) is 10.2 Å². The maximum absolute atomic E-state index is 13.5. The Bertz CT molecular complexity index is 1250. The first kappa shape index (κ1) is 23.4. The van der Waals surface area contributed by atoms with Gasteiger partial charge < -0.3 is 4.90 Å². The molecule has 0 N–H and O–H groups in total. The number of carbonyl (C=O) groups is 1. The zero-order valence-electron chi connectivity index (χ0n) is 18.3. The lowest BCUT2D eigenvalue weighted by molar-refractivity contribution is -0.129. The second-order valence-electron chi connectivity index (χ2n) is 7.73. The molecule has 2 aromatic carbocycles. The Labute approximate surface area is 196 Å². The van der Waals surface area contributed by atoms with Gasteiger partial charge in [0.05, 0.1) is 10.6 Å².